The number of benzene rings is 6. The molecule has 322 valence electrons. The van der Waals surface area contributed by atoms with Gasteiger partial charge in [0.05, 0.1) is 33.4 Å². The van der Waals surface area contributed by atoms with Crippen molar-refractivity contribution in [2.24, 2.45) is 0 Å². The fourth-order valence-electron chi connectivity index (χ4n) is 8.10. The highest BCUT2D eigenvalue weighted by molar-refractivity contribution is 6.42. The van der Waals surface area contributed by atoms with E-state index in [1.54, 1.807) is 115 Å². The molecule has 2 amide bonds. The first kappa shape index (κ1) is 43.5. The molecule has 0 spiro atoms. The molecule has 2 aliphatic heterocycles. The minimum Gasteiger partial charge on any atom is -0.489 e. The Hall–Kier alpha value is -7.17. The highest BCUT2D eigenvalue weighted by atomic mass is 35.5. The van der Waals surface area contributed by atoms with Crippen LogP contribution in [0.15, 0.2) is 133 Å². The summed E-state index contributed by atoms with van der Waals surface area (Å²) in [4.78, 5) is 57.1. The van der Waals surface area contributed by atoms with E-state index in [0.717, 1.165) is 16.7 Å². The van der Waals surface area contributed by atoms with Crippen LogP contribution < -0.4 is 19.7 Å². The number of likely N-dealkylation sites (N-methyl/N-ethyl adjacent to an activating group) is 1. The second-order valence-corrected chi connectivity index (χ2v) is 16.4. The Labute approximate surface area is 378 Å². The van der Waals surface area contributed by atoms with Crippen LogP contribution in [0.3, 0.4) is 0 Å². The van der Waals surface area contributed by atoms with Crippen molar-refractivity contribution in [3.05, 3.63) is 182 Å². The van der Waals surface area contributed by atoms with Gasteiger partial charge >= 0.3 is 11.9 Å². The van der Waals surface area contributed by atoms with Crippen molar-refractivity contribution < 1.29 is 38.9 Å². The van der Waals surface area contributed by atoms with Gasteiger partial charge < -0.3 is 29.9 Å². The van der Waals surface area contributed by atoms with Gasteiger partial charge in [0.2, 0.25) is 12.0 Å². The normalized spacial score (nSPS) is 16.6. The maximum Gasteiger partial charge on any atom is 0.326 e. The van der Waals surface area contributed by atoms with Crippen LogP contribution in [0.25, 0.3) is 11.1 Å². The largest absolute Gasteiger partial charge is 0.489 e. The summed E-state index contributed by atoms with van der Waals surface area (Å²) in [6, 6.07) is 37.1. The van der Waals surface area contributed by atoms with Gasteiger partial charge in [-0.1, -0.05) is 108 Å². The molecule has 0 aromatic heterocycles. The summed E-state index contributed by atoms with van der Waals surface area (Å²) in [5.41, 5.74) is 6.65. The molecule has 2 heterocycles. The summed E-state index contributed by atoms with van der Waals surface area (Å²) in [7, 11) is 1.64. The maximum absolute atomic E-state index is 14.4. The van der Waals surface area contributed by atoms with Crippen molar-refractivity contribution in [3.63, 3.8) is 0 Å². The summed E-state index contributed by atoms with van der Waals surface area (Å²) in [5.74, 6) is -2.46. The molecule has 0 radical (unpaired) electrons. The smallest absolute Gasteiger partial charge is 0.326 e. The van der Waals surface area contributed by atoms with Crippen LogP contribution in [0.2, 0.25) is 10.0 Å². The first-order valence-corrected chi connectivity index (χ1v) is 21.0. The standard InChI is InChI=1S/C50H40Cl2N4O8/c1-55-42-23-36-24-43(47(57)54-41(49(59)60)22-29-7-12-32(13-8-29)33-14-9-30(26-53)10-15-33)56(45(50(61)62)34-5-3-2-4-6-34)27-37(36)25-44(42)64-46(48(55)58)35-16-18-38(19-17-35)63-28-31-11-20-39(51)40(52)21-31/h2-21,23,25,41,43,45-46H,22,24,27-28H2,1H3,(H,54,57)(H,59,60)(H,61,62). The van der Waals surface area contributed by atoms with Crippen LogP contribution in [-0.2, 0) is 45.2 Å². The SMILES string of the molecule is CN1C(=O)C(c2ccc(OCc3ccc(Cl)c(Cl)c3)cc2)Oc2cc3c(cc21)CC(C(=O)NC(Cc1ccc(-c2ccc(C#N)cc2)cc1)C(=O)O)N(C(C(=O)O)c1ccccc1)C3. The molecule has 64 heavy (non-hydrogen) atoms. The number of carboxylic acids is 2. The van der Waals surface area contributed by atoms with E-state index < -0.39 is 42.1 Å². The van der Waals surface area contributed by atoms with Gasteiger partial charge in [-0.25, -0.2) is 4.79 Å². The second-order valence-electron chi connectivity index (χ2n) is 15.6. The van der Waals surface area contributed by atoms with Gasteiger partial charge in [0.15, 0.2) is 0 Å². The van der Waals surface area contributed by atoms with Crippen molar-refractivity contribution in [2.75, 3.05) is 11.9 Å². The van der Waals surface area contributed by atoms with E-state index in [9.17, 15) is 29.4 Å². The van der Waals surface area contributed by atoms with Crippen molar-refractivity contribution >= 4 is 52.6 Å². The lowest BCUT2D eigenvalue weighted by Gasteiger charge is -2.41. The molecule has 8 rings (SSSR count). The van der Waals surface area contributed by atoms with E-state index in [1.165, 1.54) is 4.90 Å². The van der Waals surface area contributed by atoms with Crippen LogP contribution in [0.1, 0.15) is 51.1 Å². The number of halogens is 2. The average Bonchev–Trinajstić information content (AvgIpc) is 3.30. The third-order valence-corrected chi connectivity index (χ3v) is 12.3. The summed E-state index contributed by atoms with van der Waals surface area (Å²) in [6.45, 7) is 0.248. The Morgan fingerprint density at radius 2 is 1.50 bits per heavy atom. The van der Waals surface area contributed by atoms with Crippen LogP contribution in [-0.4, -0.2) is 58.0 Å². The third-order valence-electron chi connectivity index (χ3n) is 11.5. The molecule has 0 saturated heterocycles. The topological polar surface area (TPSA) is 169 Å². The number of nitrogens with one attached hydrogen (secondary N) is 1. The van der Waals surface area contributed by atoms with Crippen LogP contribution in [0.5, 0.6) is 11.5 Å². The number of hydrogen-bond acceptors (Lipinski definition) is 8. The second kappa shape index (κ2) is 18.7. The van der Waals surface area contributed by atoms with E-state index in [1.807, 2.05) is 30.3 Å². The molecule has 0 bridgehead atoms. The fourth-order valence-corrected chi connectivity index (χ4v) is 8.42. The molecule has 0 fully saturated rings. The molecular weight excluding hydrogens is 855 g/mol. The van der Waals surface area contributed by atoms with Gasteiger partial charge in [-0.05, 0) is 93.9 Å². The molecule has 6 aromatic rings. The van der Waals surface area contributed by atoms with Crippen molar-refractivity contribution in [1.29, 1.82) is 5.26 Å². The number of fused-ring (bicyclic) bond motifs is 2. The Morgan fingerprint density at radius 3 is 2.14 bits per heavy atom. The van der Waals surface area contributed by atoms with E-state index in [2.05, 4.69) is 11.4 Å². The highest BCUT2D eigenvalue weighted by Gasteiger charge is 2.42. The number of nitriles is 1. The first-order valence-electron chi connectivity index (χ1n) is 20.3. The Bertz CT molecular complexity index is 2780. The minimum atomic E-state index is -1.34. The fraction of sp³-hybridized carbons (Fsp3) is 0.180. The number of carbonyl (C=O) groups excluding carboxylic acids is 2. The van der Waals surface area contributed by atoms with Gasteiger partial charge in [-0.15, -0.1) is 0 Å². The molecule has 3 N–H and O–H groups in total. The van der Waals surface area contributed by atoms with Crippen LogP contribution in [0, 0.1) is 11.3 Å². The van der Waals surface area contributed by atoms with E-state index in [4.69, 9.17) is 37.9 Å². The molecule has 14 heteroatoms. The lowest BCUT2D eigenvalue weighted by Crippen LogP contribution is -2.56. The lowest BCUT2D eigenvalue weighted by atomic mass is 9.89. The summed E-state index contributed by atoms with van der Waals surface area (Å²) < 4.78 is 12.3. The molecule has 4 atom stereocenters. The lowest BCUT2D eigenvalue weighted by molar-refractivity contribution is -0.149. The number of aliphatic carboxylic acids is 2. The number of carboxylic acid groups (broad SMARTS) is 2. The molecule has 0 aliphatic carbocycles. The van der Waals surface area contributed by atoms with Crippen LogP contribution >= 0.6 is 23.2 Å². The zero-order valence-electron chi connectivity index (χ0n) is 34.3. The van der Waals surface area contributed by atoms with Gasteiger partial charge in [0.1, 0.15) is 30.2 Å². The third kappa shape index (κ3) is 9.28. The van der Waals surface area contributed by atoms with Crippen molar-refractivity contribution in [1.82, 2.24) is 10.2 Å². The number of rotatable bonds is 13. The average molecular weight is 896 g/mol. The Morgan fingerprint density at radius 1 is 0.828 bits per heavy atom. The van der Waals surface area contributed by atoms with E-state index in [-0.39, 0.29) is 31.9 Å². The van der Waals surface area contributed by atoms with E-state index in [0.29, 0.717) is 60.6 Å². The monoisotopic (exact) mass is 894 g/mol. The molecule has 4 unspecified atom stereocenters. The predicted octanol–water partition coefficient (Wildman–Crippen LogP) is 8.57. The number of anilines is 1. The molecule has 0 saturated carbocycles. The molecule has 12 nitrogen and oxygen atoms in total. The van der Waals surface area contributed by atoms with Gasteiger partial charge in [0.25, 0.3) is 5.91 Å². The number of nitrogens with zero attached hydrogens (tertiary/aromatic N) is 3. The highest BCUT2D eigenvalue weighted by Crippen LogP contribution is 2.43. The summed E-state index contributed by atoms with van der Waals surface area (Å²) in [6.07, 6.45) is -1.01. The number of amides is 2. The maximum atomic E-state index is 14.4. The van der Waals surface area contributed by atoms with E-state index >= 15 is 0 Å². The quantitative estimate of drug-likeness (QED) is 0.102. The zero-order chi connectivity index (χ0) is 45.1. The Balaban J connectivity index is 1.04. The number of ether oxygens (including phenoxy) is 2. The van der Waals surface area contributed by atoms with Gasteiger partial charge in [0, 0.05) is 25.6 Å². The number of carbonyl (C=O) groups is 4. The zero-order valence-corrected chi connectivity index (χ0v) is 35.8. The molecule has 2 aliphatic rings. The minimum absolute atomic E-state index is 0.00232. The summed E-state index contributed by atoms with van der Waals surface area (Å²) >= 11 is 12.2. The van der Waals surface area contributed by atoms with Gasteiger partial charge in [-0.2, -0.15) is 5.26 Å². The number of hydrogen-bond donors (Lipinski definition) is 3. The van der Waals surface area contributed by atoms with Crippen LogP contribution in [0.4, 0.5) is 5.69 Å². The first-order chi connectivity index (χ1) is 30.9. The predicted molar refractivity (Wildman–Crippen MR) is 240 cm³/mol. The molecule has 6 aromatic carbocycles. The Kier molecular flexibility index (Phi) is 12.7. The molecular formula is C50H40Cl2N4O8. The summed E-state index contributed by atoms with van der Waals surface area (Å²) in [5, 5.41) is 33.8. The van der Waals surface area contributed by atoms with Crippen molar-refractivity contribution in [2.45, 2.75) is 50.2 Å². The van der Waals surface area contributed by atoms with Gasteiger partial charge in [-0.3, -0.25) is 19.3 Å². The van der Waals surface area contributed by atoms with Crippen molar-refractivity contribution in [3.8, 4) is 28.7 Å².